The standard InChI is InChI=1S/C23H28N8/c1-23(2,3)30-22(26-14-24)29-18-8-4-6-16(12-18)17-7-5-11-31(13-17)21-19-9-10-25-20(19)27-15-28-21/h4,6,8-10,12,15,17H,5,7,11,13H2,1-3H3,(H,25,27,28)(H2,26,29,30). The summed E-state index contributed by atoms with van der Waals surface area (Å²) in [4.78, 5) is 18.3. The second-order valence-corrected chi connectivity index (χ2v) is 8.91. The van der Waals surface area contributed by atoms with Gasteiger partial charge in [-0.3, -0.25) is 0 Å². The van der Waals surface area contributed by atoms with Gasteiger partial charge in [0.05, 0.1) is 5.39 Å². The summed E-state index contributed by atoms with van der Waals surface area (Å²) >= 11 is 0. The first-order valence-electron chi connectivity index (χ1n) is 10.6. The van der Waals surface area contributed by atoms with Gasteiger partial charge < -0.3 is 20.5 Å². The molecule has 4 rings (SSSR count). The van der Waals surface area contributed by atoms with Crippen molar-refractivity contribution in [3.63, 3.8) is 0 Å². The van der Waals surface area contributed by atoms with E-state index in [1.54, 1.807) is 6.33 Å². The van der Waals surface area contributed by atoms with Crippen LogP contribution in [0.4, 0.5) is 11.5 Å². The maximum Gasteiger partial charge on any atom is 0.212 e. The lowest BCUT2D eigenvalue weighted by Crippen LogP contribution is -2.44. The minimum atomic E-state index is -0.203. The van der Waals surface area contributed by atoms with Crippen LogP contribution in [0.5, 0.6) is 0 Å². The van der Waals surface area contributed by atoms with Crippen molar-refractivity contribution < 1.29 is 0 Å². The summed E-state index contributed by atoms with van der Waals surface area (Å²) in [5.74, 6) is 1.84. The molecule has 1 saturated heterocycles. The van der Waals surface area contributed by atoms with Crippen LogP contribution >= 0.6 is 0 Å². The van der Waals surface area contributed by atoms with Gasteiger partial charge in [0, 0.05) is 36.4 Å². The molecule has 0 radical (unpaired) electrons. The number of rotatable bonds is 3. The van der Waals surface area contributed by atoms with Crippen LogP contribution in [0.3, 0.4) is 0 Å². The fraction of sp³-hybridized carbons (Fsp3) is 0.391. The quantitative estimate of drug-likeness (QED) is 0.339. The Bertz CT molecular complexity index is 1120. The van der Waals surface area contributed by atoms with Crippen molar-refractivity contribution in [3.8, 4) is 6.19 Å². The Morgan fingerprint density at radius 3 is 2.97 bits per heavy atom. The van der Waals surface area contributed by atoms with Crippen LogP contribution in [-0.4, -0.2) is 39.5 Å². The third kappa shape index (κ3) is 4.94. The smallest absolute Gasteiger partial charge is 0.212 e. The molecule has 1 unspecified atom stereocenters. The summed E-state index contributed by atoms with van der Waals surface area (Å²) in [6.07, 6.45) is 7.63. The van der Waals surface area contributed by atoms with E-state index >= 15 is 0 Å². The number of benzene rings is 1. The summed E-state index contributed by atoms with van der Waals surface area (Å²) in [6.45, 7) is 7.98. The average molecular weight is 417 g/mol. The summed E-state index contributed by atoms with van der Waals surface area (Å²) in [7, 11) is 0. The molecule has 0 saturated carbocycles. The highest BCUT2D eigenvalue weighted by atomic mass is 15.2. The topological polar surface area (TPSA) is 105 Å². The second-order valence-electron chi connectivity index (χ2n) is 8.91. The molecule has 0 aliphatic carbocycles. The zero-order chi connectivity index (χ0) is 21.8. The number of anilines is 2. The zero-order valence-corrected chi connectivity index (χ0v) is 18.2. The summed E-state index contributed by atoms with van der Waals surface area (Å²) in [6, 6.07) is 10.4. The Morgan fingerprint density at radius 1 is 1.29 bits per heavy atom. The van der Waals surface area contributed by atoms with Crippen molar-refractivity contribution >= 4 is 28.5 Å². The highest BCUT2D eigenvalue weighted by Gasteiger charge is 2.24. The minimum Gasteiger partial charge on any atom is -0.355 e. The van der Waals surface area contributed by atoms with E-state index in [4.69, 9.17) is 5.26 Å². The van der Waals surface area contributed by atoms with Crippen LogP contribution in [0.1, 0.15) is 45.1 Å². The highest BCUT2D eigenvalue weighted by Crippen LogP contribution is 2.32. The summed E-state index contributed by atoms with van der Waals surface area (Å²) in [5.41, 5.74) is 2.84. The molecule has 0 spiro atoms. The largest absolute Gasteiger partial charge is 0.355 e. The molecule has 31 heavy (non-hydrogen) atoms. The summed E-state index contributed by atoms with van der Waals surface area (Å²) < 4.78 is 0. The van der Waals surface area contributed by atoms with Gasteiger partial charge >= 0.3 is 0 Å². The molecule has 1 atom stereocenters. The Labute approximate surface area is 182 Å². The maximum atomic E-state index is 9.03. The third-order valence-electron chi connectivity index (χ3n) is 5.33. The van der Waals surface area contributed by atoms with Gasteiger partial charge in [-0.15, -0.1) is 4.99 Å². The molecule has 3 aromatic rings. The average Bonchev–Trinajstić information content (AvgIpc) is 3.22. The SMILES string of the molecule is CC(C)(C)NC(=NC#N)Nc1cccc(C2CCCN(c3ncnc4[nH]ccc34)C2)c1. The van der Waals surface area contributed by atoms with Crippen molar-refractivity contribution in [1.29, 1.82) is 5.26 Å². The van der Waals surface area contributed by atoms with Crippen molar-refractivity contribution in [2.24, 2.45) is 4.99 Å². The molecule has 0 bridgehead atoms. The number of aromatic amines is 1. The maximum absolute atomic E-state index is 9.03. The number of nitrogens with one attached hydrogen (secondary N) is 3. The summed E-state index contributed by atoms with van der Waals surface area (Å²) in [5, 5.41) is 16.6. The van der Waals surface area contributed by atoms with Gasteiger partial charge in [-0.2, -0.15) is 5.26 Å². The van der Waals surface area contributed by atoms with Gasteiger partial charge in [-0.25, -0.2) is 9.97 Å². The number of H-pyrrole nitrogens is 1. The van der Waals surface area contributed by atoms with Crippen LogP contribution in [-0.2, 0) is 0 Å². The van der Waals surface area contributed by atoms with E-state index in [-0.39, 0.29) is 5.54 Å². The molecule has 160 valence electrons. The first kappa shape index (κ1) is 20.7. The van der Waals surface area contributed by atoms with Crippen molar-refractivity contribution in [2.75, 3.05) is 23.3 Å². The highest BCUT2D eigenvalue weighted by molar-refractivity contribution is 5.94. The minimum absolute atomic E-state index is 0.203. The van der Waals surface area contributed by atoms with Crippen molar-refractivity contribution in [2.45, 2.75) is 45.1 Å². The number of hydrogen-bond acceptors (Lipinski definition) is 5. The lowest BCUT2D eigenvalue weighted by Gasteiger charge is -2.34. The first-order valence-corrected chi connectivity index (χ1v) is 10.6. The first-order chi connectivity index (χ1) is 14.9. The van der Waals surface area contributed by atoms with Crippen LogP contribution in [0.15, 0.2) is 47.8 Å². The Kier molecular flexibility index (Phi) is 5.76. The van der Waals surface area contributed by atoms with Gasteiger partial charge in [0.2, 0.25) is 12.2 Å². The molecule has 2 aromatic heterocycles. The van der Waals surface area contributed by atoms with E-state index in [1.165, 1.54) is 5.56 Å². The van der Waals surface area contributed by atoms with Gasteiger partial charge in [0.25, 0.3) is 0 Å². The molecular weight excluding hydrogens is 388 g/mol. The number of fused-ring (bicyclic) bond motifs is 1. The lowest BCUT2D eigenvalue weighted by molar-refractivity contribution is 0.508. The van der Waals surface area contributed by atoms with Crippen LogP contribution in [0.2, 0.25) is 0 Å². The number of nitriles is 1. The number of aromatic nitrogens is 3. The van der Waals surface area contributed by atoms with E-state index in [9.17, 15) is 0 Å². The Balaban J connectivity index is 1.53. The molecule has 1 aliphatic rings. The van der Waals surface area contributed by atoms with E-state index in [2.05, 4.69) is 47.6 Å². The van der Waals surface area contributed by atoms with Crippen LogP contribution in [0, 0.1) is 11.5 Å². The predicted octanol–water partition coefficient (Wildman–Crippen LogP) is 3.98. The number of hydrogen-bond donors (Lipinski definition) is 3. The lowest BCUT2D eigenvalue weighted by atomic mass is 9.90. The van der Waals surface area contributed by atoms with Gasteiger partial charge in [0.15, 0.2) is 0 Å². The molecule has 8 nitrogen and oxygen atoms in total. The van der Waals surface area contributed by atoms with E-state index < -0.39 is 0 Å². The van der Waals surface area contributed by atoms with Gasteiger partial charge in [-0.05, 0) is 57.4 Å². The number of guanidine groups is 1. The molecule has 8 heteroatoms. The van der Waals surface area contributed by atoms with Gasteiger partial charge in [0.1, 0.15) is 17.8 Å². The molecule has 0 amide bonds. The Morgan fingerprint density at radius 2 is 2.16 bits per heavy atom. The third-order valence-corrected chi connectivity index (χ3v) is 5.33. The molecule has 1 aliphatic heterocycles. The monoisotopic (exact) mass is 416 g/mol. The predicted molar refractivity (Wildman–Crippen MR) is 124 cm³/mol. The van der Waals surface area contributed by atoms with E-state index in [1.807, 2.05) is 51.4 Å². The molecule has 3 N–H and O–H groups in total. The van der Waals surface area contributed by atoms with Crippen molar-refractivity contribution in [3.05, 3.63) is 48.4 Å². The molecule has 1 fully saturated rings. The Hall–Kier alpha value is -3.60. The normalized spacial score (nSPS) is 17.4. The molecule has 3 heterocycles. The fourth-order valence-electron chi connectivity index (χ4n) is 4.05. The number of aliphatic imine (C=N–C) groups is 1. The van der Waals surface area contributed by atoms with Crippen molar-refractivity contribution in [1.82, 2.24) is 20.3 Å². The number of nitrogens with zero attached hydrogens (tertiary/aromatic N) is 5. The number of piperidine rings is 1. The van der Waals surface area contributed by atoms with Crippen LogP contribution in [0.25, 0.3) is 11.0 Å². The molecular formula is C23H28N8. The fourth-order valence-corrected chi connectivity index (χ4v) is 4.05. The molecule has 1 aromatic carbocycles. The van der Waals surface area contributed by atoms with E-state index in [0.717, 1.165) is 48.5 Å². The second kappa shape index (κ2) is 8.64. The zero-order valence-electron chi connectivity index (χ0n) is 18.2. The van der Waals surface area contributed by atoms with Gasteiger partial charge in [-0.1, -0.05) is 12.1 Å². The van der Waals surface area contributed by atoms with E-state index in [0.29, 0.717) is 11.9 Å². The van der Waals surface area contributed by atoms with Crippen LogP contribution < -0.4 is 15.5 Å².